The number of nitrogens with zero attached hydrogens (tertiary/aromatic N) is 4. The lowest BCUT2D eigenvalue weighted by atomic mass is 9.80. The zero-order valence-electron chi connectivity index (χ0n) is 14.0. The quantitative estimate of drug-likeness (QED) is 0.820. The Labute approximate surface area is 145 Å². The molecule has 2 N–H and O–H groups in total. The first-order valence-electron chi connectivity index (χ1n) is 8.31. The average molecular weight is 349 g/mol. The molecule has 128 valence electrons. The van der Waals surface area contributed by atoms with Crippen LogP contribution in [0.1, 0.15) is 38.4 Å². The topological polar surface area (TPSA) is 76.9 Å². The van der Waals surface area contributed by atoms with Crippen molar-refractivity contribution >= 4 is 29.2 Å². The highest BCUT2D eigenvalue weighted by atomic mass is 35.5. The van der Waals surface area contributed by atoms with Crippen LogP contribution in [0.5, 0.6) is 5.75 Å². The van der Waals surface area contributed by atoms with Crippen molar-refractivity contribution in [2.24, 2.45) is 5.92 Å². The minimum atomic E-state index is 0.190. The van der Waals surface area contributed by atoms with Crippen LogP contribution < -0.4 is 15.4 Å². The van der Waals surface area contributed by atoms with Crippen LogP contribution in [0.4, 0.5) is 17.6 Å². The van der Waals surface area contributed by atoms with Crippen molar-refractivity contribution in [2.45, 2.75) is 45.7 Å². The highest BCUT2D eigenvalue weighted by Gasteiger charge is 2.33. The average Bonchev–Trinajstić information content (AvgIpc) is 2.82. The third-order valence-corrected chi connectivity index (χ3v) is 4.95. The molecule has 1 aliphatic carbocycles. The summed E-state index contributed by atoms with van der Waals surface area (Å²) >= 11 is 6.25. The van der Waals surface area contributed by atoms with E-state index in [0.29, 0.717) is 35.4 Å². The SMILES string of the molecule is Cc1nn(C(C)C)c2c1OC[C@@H]1CC[C@H]1Nc1nc(ncc1Cl)N2. The van der Waals surface area contributed by atoms with E-state index in [4.69, 9.17) is 16.3 Å². The number of aromatic nitrogens is 4. The summed E-state index contributed by atoms with van der Waals surface area (Å²) in [6.45, 7) is 6.77. The molecule has 1 fully saturated rings. The van der Waals surface area contributed by atoms with Crippen LogP contribution in [0, 0.1) is 12.8 Å². The van der Waals surface area contributed by atoms with E-state index in [1.807, 2.05) is 11.6 Å². The van der Waals surface area contributed by atoms with Crippen LogP contribution in [-0.4, -0.2) is 32.4 Å². The third-order valence-electron chi connectivity index (χ3n) is 4.68. The van der Waals surface area contributed by atoms with Crippen LogP contribution >= 0.6 is 11.6 Å². The maximum atomic E-state index is 6.25. The summed E-state index contributed by atoms with van der Waals surface area (Å²) < 4.78 is 8.06. The standard InChI is InChI=1S/C16H21ClN6O/c1-8(2)23-15-13(9(3)22-23)24-7-10-4-5-12(10)19-14-11(17)6-18-16(20-14)21-15/h6,8,10,12H,4-5,7H2,1-3H3,(H2,18,19,20,21)/t10-,12+/m0/s1. The normalized spacial score (nSPS) is 22.2. The molecule has 0 unspecified atom stereocenters. The summed E-state index contributed by atoms with van der Waals surface area (Å²) in [6.07, 6.45) is 3.84. The molecule has 7 nitrogen and oxygen atoms in total. The van der Waals surface area contributed by atoms with Crippen molar-refractivity contribution in [3.05, 3.63) is 16.9 Å². The summed E-state index contributed by atoms with van der Waals surface area (Å²) in [6, 6.07) is 0.516. The van der Waals surface area contributed by atoms with E-state index in [1.165, 1.54) is 0 Å². The lowest BCUT2D eigenvalue weighted by Gasteiger charge is -2.37. The maximum Gasteiger partial charge on any atom is 0.230 e. The predicted octanol–water partition coefficient (Wildman–Crippen LogP) is 3.54. The Morgan fingerprint density at radius 1 is 1.38 bits per heavy atom. The summed E-state index contributed by atoms with van der Waals surface area (Å²) in [5.74, 6) is 3.14. The number of hydrogen-bond donors (Lipinski definition) is 2. The van der Waals surface area contributed by atoms with Gasteiger partial charge in [0, 0.05) is 18.0 Å². The number of fused-ring (bicyclic) bond motifs is 4. The first kappa shape index (κ1) is 15.5. The molecule has 2 atom stereocenters. The van der Waals surface area contributed by atoms with Gasteiger partial charge in [0.2, 0.25) is 5.95 Å². The summed E-state index contributed by atoms with van der Waals surface area (Å²) in [5, 5.41) is 11.8. The van der Waals surface area contributed by atoms with Gasteiger partial charge in [0.15, 0.2) is 17.4 Å². The van der Waals surface area contributed by atoms with Gasteiger partial charge in [-0.25, -0.2) is 9.67 Å². The second-order valence-electron chi connectivity index (χ2n) is 6.72. The largest absolute Gasteiger partial charge is 0.487 e. The first-order chi connectivity index (χ1) is 11.5. The van der Waals surface area contributed by atoms with Gasteiger partial charge in [-0.05, 0) is 33.6 Å². The first-order valence-corrected chi connectivity index (χ1v) is 8.68. The van der Waals surface area contributed by atoms with Gasteiger partial charge in [-0.3, -0.25) is 0 Å². The van der Waals surface area contributed by atoms with Crippen molar-refractivity contribution in [3.8, 4) is 5.75 Å². The smallest absolute Gasteiger partial charge is 0.230 e. The van der Waals surface area contributed by atoms with Crippen molar-refractivity contribution in [3.63, 3.8) is 0 Å². The fraction of sp³-hybridized carbons (Fsp3) is 0.562. The molecule has 2 aliphatic rings. The number of aryl methyl sites for hydroxylation is 1. The number of anilines is 3. The highest BCUT2D eigenvalue weighted by molar-refractivity contribution is 6.32. The number of rotatable bonds is 1. The van der Waals surface area contributed by atoms with Crippen molar-refractivity contribution < 1.29 is 4.74 Å². The van der Waals surface area contributed by atoms with E-state index < -0.39 is 0 Å². The fourth-order valence-electron chi connectivity index (χ4n) is 3.15. The molecule has 2 aromatic rings. The summed E-state index contributed by atoms with van der Waals surface area (Å²) in [5.41, 5.74) is 0.864. The van der Waals surface area contributed by atoms with Crippen molar-refractivity contribution in [1.29, 1.82) is 0 Å². The van der Waals surface area contributed by atoms with Gasteiger partial charge in [-0.15, -0.1) is 0 Å². The van der Waals surface area contributed by atoms with Crippen LogP contribution in [-0.2, 0) is 0 Å². The number of halogens is 1. The molecular formula is C16H21ClN6O. The molecule has 8 heteroatoms. The van der Waals surface area contributed by atoms with E-state index in [2.05, 4.69) is 39.5 Å². The van der Waals surface area contributed by atoms with Gasteiger partial charge >= 0.3 is 0 Å². The van der Waals surface area contributed by atoms with Gasteiger partial charge in [-0.1, -0.05) is 11.6 Å². The van der Waals surface area contributed by atoms with Gasteiger partial charge < -0.3 is 15.4 Å². The van der Waals surface area contributed by atoms with Crippen molar-refractivity contribution in [1.82, 2.24) is 19.7 Å². The maximum absolute atomic E-state index is 6.25. The van der Waals surface area contributed by atoms with Crippen LogP contribution in [0.3, 0.4) is 0 Å². The van der Waals surface area contributed by atoms with E-state index in [1.54, 1.807) is 6.20 Å². The third kappa shape index (κ3) is 2.56. The van der Waals surface area contributed by atoms with Crippen LogP contribution in [0.2, 0.25) is 5.02 Å². The van der Waals surface area contributed by atoms with E-state index >= 15 is 0 Å². The summed E-state index contributed by atoms with van der Waals surface area (Å²) in [7, 11) is 0. The molecule has 2 bridgehead atoms. The van der Waals surface area contributed by atoms with Gasteiger partial charge in [0.1, 0.15) is 10.7 Å². The lowest BCUT2D eigenvalue weighted by Crippen LogP contribution is -2.41. The van der Waals surface area contributed by atoms with E-state index in [-0.39, 0.29) is 6.04 Å². The van der Waals surface area contributed by atoms with E-state index in [9.17, 15) is 0 Å². The monoisotopic (exact) mass is 348 g/mol. The second-order valence-corrected chi connectivity index (χ2v) is 7.12. The van der Waals surface area contributed by atoms with Crippen molar-refractivity contribution in [2.75, 3.05) is 17.2 Å². The Morgan fingerprint density at radius 3 is 2.92 bits per heavy atom. The zero-order chi connectivity index (χ0) is 16.8. The van der Waals surface area contributed by atoms with E-state index in [0.717, 1.165) is 30.1 Å². The van der Waals surface area contributed by atoms with Crippen LogP contribution in [0.15, 0.2) is 6.20 Å². The molecule has 0 saturated heterocycles. The molecule has 2 aromatic heterocycles. The van der Waals surface area contributed by atoms with Gasteiger partial charge in [-0.2, -0.15) is 10.1 Å². The molecular weight excluding hydrogens is 328 g/mol. The Kier molecular flexibility index (Phi) is 3.75. The fourth-order valence-corrected chi connectivity index (χ4v) is 3.30. The number of hydrogen-bond acceptors (Lipinski definition) is 6. The minimum absolute atomic E-state index is 0.190. The molecule has 4 rings (SSSR count). The highest BCUT2D eigenvalue weighted by Crippen LogP contribution is 2.38. The zero-order valence-corrected chi connectivity index (χ0v) is 14.8. The molecule has 24 heavy (non-hydrogen) atoms. The Bertz CT molecular complexity index is 774. The molecule has 0 amide bonds. The molecule has 0 spiro atoms. The van der Waals surface area contributed by atoms with Gasteiger partial charge in [0.05, 0.1) is 12.8 Å². The van der Waals surface area contributed by atoms with Crippen LogP contribution in [0.25, 0.3) is 0 Å². The molecule has 1 aliphatic heterocycles. The Balaban J connectivity index is 1.81. The lowest BCUT2D eigenvalue weighted by molar-refractivity contribution is 0.163. The second kappa shape index (κ2) is 5.81. The predicted molar refractivity (Wildman–Crippen MR) is 93.3 cm³/mol. The summed E-state index contributed by atoms with van der Waals surface area (Å²) in [4.78, 5) is 8.83. The molecule has 1 saturated carbocycles. The van der Waals surface area contributed by atoms with Gasteiger partial charge in [0.25, 0.3) is 0 Å². The number of ether oxygens (including phenoxy) is 1. The molecule has 3 heterocycles. The molecule has 0 aromatic carbocycles. The number of nitrogens with one attached hydrogen (secondary N) is 2. The molecule has 0 radical (unpaired) electrons. The Morgan fingerprint density at radius 2 is 2.21 bits per heavy atom. The Hall–Kier alpha value is -2.02. The minimum Gasteiger partial charge on any atom is -0.487 e.